The molecule has 0 bridgehead atoms. The molecule has 0 spiro atoms. The standard InChI is InChI=1S/C20H16N2/c1-13-14(2)18(15-7-4-3-5-8-15)22-20-17(13)11-10-16-9-6-12-21-19(16)20/h3-12H,1-2H3. The van der Waals surface area contributed by atoms with Gasteiger partial charge in [0.25, 0.3) is 0 Å². The first kappa shape index (κ1) is 13.0. The largest absolute Gasteiger partial charge is 0.254 e. The normalized spacial score (nSPS) is 11.2. The van der Waals surface area contributed by atoms with Gasteiger partial charge in [-0.15, -0.1) is 0 Å². The van der Waals surface area contributed by atoms with Crippen molar-refractivity contribution in [2.75, 3.05) is 0 Å². The number of nitrogens with zero attached hydrogens (tertiary/aromatic N) is 2. The first-order valence-electron chi connectivity index (χ1n) is 7.46. The maximum absolute atomic E-state index is 4.97. The smallest absolute Gasteiger partial charge is 0.0974 e. The second kappa shape index (κ2) is 4.92. The predicted octanol–water partition coefficient (Wildman–Crippen LogP) is 5.07. The summed E-state index contributed by atoms with van der Waals surface area (Å²) in [4.78, 5) is 9.52. The van der Waals surface area contributed by atoms with Gasteiger partial charge >= 0.3 is 0 Å². The highest BCUT2D eigenvalue weighted by Crippen LogP contribution is 2.31. The number of aryl methyl sites for hydroxylation is 1. The van der Waals surface area contributed by atoms with E-state index >= 15 is 0 Å². The minimum Gasteiger partial charge on any atom is -0.254 e. The molecule has 4 aromatic rings. The zero-order valence-corrected chi connectivity index (χ0v) is 12.7. The quantitative estimate of drug-likeness (QED) is 0.456. The number of fused-ring (bicyclic) bond motifs is 3. The van der Waals surface area contributed by atoms with E-state index in [9.17, 15) is 0 Å². The molecule has 0 amide bonds. The lowest BCUT2D eigenvalue weighted by molar-refractivity contribution is 1.28. The number of rotatable bonds is 1. The molecule has 0 saturated carbocycles. The fourth-order valence-corrected chi connectivity index (χ4v) is 3.00. The van der Waals surface area contributed by atoms with E-state index in [2.05, 4.69) is 61.3 Å². The molecule has 2 aromatic heterocycles. The van der Waals surface area contributed by atoms with Gasteiger partial charge in [0.15, 0.2) is 0 Å². The summed E-state index contributed by atoms with van der Waals surface area (Å²) in [5, 5.41) is 2.31. The van der Waals surface area contributed by atoms with Crippen LogP contribution in [0, 0.1) is 13.8 Å². The molecule has 106 valence electrons. The predicted molar refractivity (Wildman–Crippen MR) is 92.0 cm³/mol. The molecule has 2 heterocycles. The first-order chi connectivity index (χ1) is 10.8. The molecule has 2 aromatic carbocycles. The van der Waals surface area contributed by atoms with E-state index in [4.69, 9.17) is 4.98 Å². The summed E-state index contributed by atoms with van der Waals surface area (Å²) < 4.78 is 0. The molecule has 0 aliphatic rings. The monoisotopic (exact) mass is 284 g/mol. The van der Waals surface area contributed by atoms with Crippen molar-refractivity contribution in [2.45, 2.75) is 13.8 Å². The molecule has 0 saturated heterocycles. The molecule has 0 atom stereocenters. The van der Waals surface area contributed by atoms with Gasteiger partial charge in [0, 0.05) is 22.5 Å². The Balaban J connectivity index is 2.15. The van der Waals surface area contributed by atoms with Crippen LogP contribution < -0.4 is 0 Å². The van der Waals surface area contributed by atoms with Crippen molar-refractivity contribution >= 4 is 21.8 Å². The molecule has 2 heteroatoms. The average molecular weight is 284 g/mol. The van der Waals surface area contributed by atoms with Crippen molar-refractivity contribution in [3.63, 3.8) is 0 Å². The highest BCUT2D eigenvalue weighted by atomic mass is 14.8. The minimum absolute atomic E-state index is 0.972. The zero-order valence-electron chi connectivity index (χ0n) is 12.7. The number of pyridine rings is 2. The third-order valence-electron chi connectivity index (χ3n) is 4.34. The van der Waals surface area contributed by atoms with Crippen LogP contribution in [0.5, 0.6) is 0 Å². The van der Waals surface area contributed by atoms with Gasteiger partial charge in [0.2, 0.25) is 0 Å². The average Bonchev–Trinajstić information content (AvgIpc) is 2.58. The second-order valence-corrected chi connectivity index (χ2v) is 5.61. The Bertz CT molecular complexity index is 989. The van der Waals surface area contributed by atoms with E-state index in [0.29, 0.717) is 0 Å². The second-order valence-electron chi connectivity index (χ2n) is 5.61. The molecule has 22 heavy (non-hydrogen) atoms. The van der Waals surface area contributed by atoms with Crippen molar-refractivity contribution in [3.8, 4) is 11.3 Å². The Morgan fingerprint density at radius 3 is 2.36 bits per heavy atom. The van der Waals surface area contributed by atoms with Crippen LogP contribution in [0.15, 0.2) is 60.8 Å². The lowest BCUT2D eigenvalue weighted by Crippen LogP contribution is -1.96. The van der Waals surface area contributed by atoms with Crippen molar-refractivity contribution in [1.82, 2.24) is 9.97 Å². The highest BCUT2D eigenvalue weighted by molar-refractivity contribution is 6.05. The van der Waals surface area contributed by atoms with Gasteiger partial charge in [-0.3, -0.25) is 4.98 Å². The van der Waals surface area contributed by atoms with Crippen molar-refractivity contribution < 1.29 is 0 Å². The summed E-state index contributed by atoms with van der Waals surface area (Å²) in [6.07, 6.45) is 1.83. The van der Waals surface area contributed by atoms with Gasteiger partial charge < -0.3 is 0 Å². The molecule has 0 radical (unpaired) electrons. The summed E-state index contributed by atoms with van der Waals surface area (Å²) in [6.45, 7) is 4.31. The van der Waals surface area contributed by atoms with Gasteiger partial charge in [-0.25, -0.2) is 4.98 Å². The fraction of sp³-hybridized carbons (Fsp3) is 0.100. The Labute approximate surface area is 129 Å². The molecular weight excluding hydrogens is 268 g/mol. The zero-order chi connectivity index (χ0) is 15.1. The van der Waals surface area contributed by atoms with E-state index in [1.165, 1.54) is 16.5 Å². The lowest BCUT2D eigenvalue weighted by atomic mass is 9.98. The van der Waals surface area contributed by atoms with Crippen LogP contribution in [0.4, 0.5) is 0 Å². The van der Waals surface area contributed by atoms with E-state index < -0.39 is 0 Å². The van der Waals surface area contributed by atoms with Gasteiger partial charge in [-0.05, 0) is 31.0 Å². The molecule has 2 nitrogen and oxygen atoms in total. The Morgan fingerprint density at radius 1 is 0.727 bits per heavy atom. The molecule has 0 fully saturated rings. The lowest BCUT2D eigenvalue weighted by Gasteiger charge is -2.13. The van der Waals surface area contributed by atoms with Gasteiger partial charge in [-0.2, -0.15) is 0 Å². The van der Waals surface area contributed by atoms with Gasteiger partial charge in [0.1, 0.15) is 0 Å². The maximum Gasteiger partial charge on any atom is 0.0974 e. The van der Waals surface area contributed by atoms with Crippen LogP contribution in [0.25, 0.3) is 33.1 Å². The van der Waals surface area contributed by atoms with Crippen LogP contribution >= 0.6 is 0 Å². The molecule has 4 rings (SSSR count). The summed E-state index contributed by atoms with van der Waals surface area (Å²) in [5.41, 5.74) is 6.66. The third-order valence-corrected chi connectivity index (χ3v) is 4.34. The van der Waals surface area contributed by atoms with Crippen LogP contribution in [0.1, 0.15) is 11.1 Å². The molecule has 0 aliphatic carbocycles. The minimum atomic E-state index is 0.972. The van der Waals surface area contributed by atoms with E-state index in [1.54, 1.807) is 0 Å². The summed E-state index contributed by atoms with van der Waals surface area (Å²) >= 11 is 0. The summed E-state index contributed by atoms with van der Waals surface area (Å²) in [7, 11) is 0. The fourth-order valence-electron chi connectivity index (χ4n) is 3.00. The molecule has 0 unspecified atom stereocenters. The number of hydrogen-bond acceptors (Lipinski definition) is 2. The Hall–Kier alpha value is -2.74. The SMILES string of the molecule is Cc1c(-c2ccccc2)nc2c(ccc3cccnc32)c1C. The Morgan fingerprint density at radius 2 is 1.55 bits per heavy atom. The van der Waals surface area contributed by atoms with E-state index in [0.717, 1.165) is 27.7 Å². The maximum atomic E-state index is 4.97. The highest BCUT2D eigenvalue weighted by Gasteiger charge is 2.12. The van der Waals surface area contributed by atoms with Crippen LogP contribution in [0.3, 0.4) is 0 Å². The van der Waals surface area contributed by atoms with Crippen molar-refractivity contribution in [3.05, 3.63) is 71.9 Å². The van der Waals surface area contributed by atoms with Crippen LogP contribution in [-0.4, -0.2) is 9.97 Å². The number of hydrogen-bond donors (Lipinski definition) is 0. The van der Waals surface area contributed by atoms with Gasteiger partial charge in [0.05, 0.1) is 16.7 Å². The molecule has 0 N–H and O–H groups in total. The molecule has 0 aliphatic heterocycles. The van der Waals surface area contributed by atoms with Crippen LogP contribution in [-0.2, 0) is 0 Å². The van der Waals surface area contributed by atoms with Crippen molar-refractivity contribution in [2.24, 2.45) is 0 Å². The van der Waals surface area contributed by atoms with E-state index in [-0.39, 0.29) is 0 Å². The van der Waals surface area contributed by atoms with Gasteiger partial charge in [-0.1, -0.05) is 48.5 Å². The number of aromatic nitrogens is 2. The third kappa shape index (κ3) is 1.88. The van der Waals surface area contributed by atoms with E-state index in [1.807, 2.05) is 18.3 Å². The first-order valence-corrected chi connectivity index (χ1v) is 7.46. The van der Waals surface area contributed by atoms with Crippen molar-refractivity contribution in [1.29, 1.82) is 0 Å². The molecular formula is C20H16N2. The van der Waals surface area contributed by atoms with Crippen LogP contribution in [0.2, 0.25) is 0 Å². The summed E-state index contributed by atoms with van der Waals surface area (Å²) in [5.74, 6) is 0. The topological polar surface area (TPSA) is 25.8 Å². The summed E-state index contributed by atoms with van der Waals surface area (Å²) in [6, 6.07) is 18.7. The Kier molecular flexibility index (Phi) is 2.90. The number of benzene rings is 2.